The number of hydrogen-bond acceptors (Lipinski definition) is 3. The highest BCUT2D eigenvalue weighted by Crippen LogP contribution is 2.41. The van der Waals surface area contributed by atoms with E-state index in [4.69, 9.17) is 4.74 Å². The molecule has 2 saturated carbocycles. The number of hydrogen-bond donors (Lipinski definition) is 1. The maximum absolute atomic E-state index is 5.34. The van der Waals surface area contributed by atoms with E-state index in [2.05, 4.69) is 46.4 Å². The van der Waals surface area contributed by atoms with Crippen LogP contribution in [-0.4, -0.2) is 35.3 Å². The molecule has 24 heavy (non-hydrogen) atoms. The van der Waals surface area contributed by atoms with Crippen molar-refractivity contribution in [2.24, 2.45) is 0 Å². The van der Waals surface area contributed by atoms with Gasteiger partial charge in [0, 0.05) is 24.2 Å². The molecule has 4 heteroatoms. The van der Waals surface area contributed by atoms with E-state index >= 15 is 0 Å². The fourth-order valence-electron chi connectivity index (χ4n) is 3.89. The molecule has 0 aliphatic heterocycles. The van der Waals surface area contributed by atoms with Crippen LogP contribution in [-0.2, 0) is 6.54 Å². The van der Waals surface area contributed by atoms with Gasteiger partial charge >= 0.3 is 0 Å². The Labute approximate surface area is 144 Å². The summed E-state index contributed by atoms with van der Waals surface area (Å²) in [6.07, 6.45) is 6.44. The van der Waals surface area contributed by atoms with Crippen LogP contribution in [0.1, 0.15) is 60.9 Å². The van der Waals surface area contributed by atoms with Crippen molar-refractivity contribution in [1.29, 1.82) is 0 Å². The largest absolute Gasteiger partial charge is 0.497 e. The molecule has 2 fully saturated rings. The van der Waals surface area contributed by atoms with E-state index in [0.29, 0.717) is 17.9 Å². The molecule has 4 rings (SSSR count). The van der Waals surface area contributed by atoms with Crippen LogP contribution < -0.4 is 4.74 Å². The van der Waals surface area contributed by atoms with Crippen molar-refractivity contribution in [2.45, 2.75) is 56.5 Å². The van der Waals surface area contributed by atoms with Gasteiger partial charge in [0.1, 0.15) is 5.75 Å². The van der Waals surface area contributed by atoms with Crippen LogP contribution in [0.25, 0.3) is 0 Å². The standard InChI is InChI=1S/C20H27N3O/c1-23(13-17-12-20(22-21-17)14-5-3-6-14)18-9-16(10-18)15-7-4-8-19(11-15)24-2/h4,7-8,11-12,14,16,18H,3,5-6,9-10,13H2,1-2H3,(H,21,22). The van der Waals surface area contributed by atoms with Crippen LogP contribution in [0.5, 0.6) is 5.75 Å². The van der Waals surface area contributed by atoms with Gasteiger partial charge in [-0.2, -0.15) is 5.10 Å². The van der Waals surface area contributed by atoms with Gasteiger partial charge in [-0.1, -0.05) is 18.6 Å². The molecular weight excluding hydrogens is 298 g/mol. The van der Waals surface area contributed by atoms with Crippen LogP contribution in [0.4, 0.5) is 0 Å². The van der Waals surface area contributed by atoms with Gasteiger partial charge in [-0.3, -0.25) is 10.00 Å². The van der Waals surface area contributed by atoms with E-state index in [9.17, 15) is 0 Å². The SMILES string of the molecule is COc1cccc(C2CC(N(C)Cc3cc(C4CCC4)n[nH]3)C2)c1. The topological polar surface area (TPSA) is 41.1 Å². The summed E-state index contributed by atoms with van der Waals surface area (Å²) in [6.45, 7) is 0.967. The zero-order valence-corrected chi connectivity index (χ0v) is 14.7. The molecule has 1 aromatic heterocycles. The van der Waals surface area contributed by atoms with Gasteiger partial charge in [0.15, 0.2) is 0 Å². The summed E-state index contributed by atoms with van der Waals surface area (Å²) >= 11 is 0. The summed E-state index contributed by atoms with van der Waals surface area (Å²) in [7, 11) is 3.97. The maximum Gasteiger partial charge on any atom is 0.119 e. The third kappa shape index (κ3) is 3.07. The number of H-pyrrole nitrogens is 1. The van der Waals surface area contributed by atoms with Crippen LogP contribution in [0.15, 0.2) is 30.3 Å². The first-order chi connectivity index (χ1) is 11.7. The zero-order chi connectivity index (χ0) is 16.5. The van der Waals surface area contributed by atoms with Gasteiger partial charge in [-0.15, -0.1) is 0 Å². The third-order valence-electron chi connectivity index (χ3n) is 5.90. The average Bonchev–Trinajstić information content (AvgIpc) is 2.92. The molecule has 0 unspecified atom stereocenters. The van der Waals surface area contributed by atoms with Crippen LogP contribution in [0, 0.1) is 0 Å². The van der Waals surface area contributed by atoms with Gasteiger partial charge in [0.25, 0.3) is 0 Å². The van der Waals surface area contributed by atoms with Crippen molar-refractivity contribution in [3.8, 4) is 5.75 Å². The Bertz CT molecular complexity index is 686. The Balaban J connectivity index is 1.30. The number of aromatic nitrogens is 2. The second kappa shape index (κ2) is 6.60. The summed E-state index contributed by atoms with van der Waals surface area (Å²) in [5.41, 5.74) is 3.93. The lowest BCUT2D eigenvalue weighted by molar-refractivity contribution is 0.129. The highest BCUT2D eigenvalue weighted by Gasteiger charge is 2.33. The molecule has 2 aromatic rings. The van der Waals surface area contributed by atoms with Crippen LogP contribution >= 0.6 is 0 Å². The molecule has 2 aliphatic rings. The second-order valence-corrected chi connectivity index (χ2v) is 7.46. The Morgan fingerprint density at radius 3 is 2.75 bits per heavy atom. The van der Waals surface area contributed by atoms with E-state index in [-0.39, 0.29) is 0 Å². The molecule has 0 atom stereocenters. The molecule has 0 bridgehead atoms. The molecule has 1 aromatic carbocycles. The molecular formula is C20H27N3O. The molecule has 2 aliphatic carbocycles. The number of rotatable bonds is 6. The van der Waals surface area contributed by atoms with Gasteiger partial charge in [0.05, 0.1) is 12.8 Å². The fraction of sp³-hybridized carbons (Fsp3) is 0.550. The molecule has 1 heterocycles. The first-order valence-electron chi connectivity index (χ1n) is 9.11. The summed E-state index contributed by atoms with van der Waals surface area (Å²) < 4.78 is 5.34. The predicted molar refractivity (Wildman–Crippen MR) is 95.4 cm³/mol. The first kappa shape index (κ1) is 15.7. The van der Waals surface area contributed by atoms with E-state index in [0.717, 1.165) is 12.3 Å². The molecule has 0 spiro atoms. The van der Waals surface area contributed by atoms with Gasteiger partial charge in [0.2, 0.25) is 0 Å². The zero-order valence-electron chi connectivity index (χ0n) is 14.7. The van der Waals surface area contributed by atoms with Crippen LogP contribution in [0.2, 0.25) is 0 Å². The number of nitrogens with zero attached hydrogens (tertiary/aromatic N) is 2. The number of methoxy groups -OCH3 is 1. The summed E-state index contributed by atoms with van der Waals surface area (Å²) in [5, 5.41) is 7.75. The quantitative estimate of drug-likeness (QED) is 0.870. The number of benzene rings is 1. The monoisotopic (exact) mass is 325 g/mol. The third-order valence-corrected chi connectivity index (χ3v) is 5.90. The Morgan fingerprint density at radius 2 is 2.04 bits per heavy atom. The van der Waals surface area contributed by atoms with Crippen LogP contribution in [0.3, 0.4) is 0 Å². The number of aromatic amines is 1. The maximum atomic E-state index is 5.34. The lowest BCUT2D eigenvalue weighted by Crippen LogP contribution is -2.41. The van der Waals surface area contributed by atoms with E-state index < -0.39 is 0 Å². The van der Waals surface area contributed by atoms with Crippen molar-refractivity contribution in [3.05, 3.63) is 47.3 Å². The molecule has 128 valence electrons. The molecule has 0 saturated heterocycles. The van der Waals surface area contributed by atoms with E-state index in [1.54, 1.807) is 7.11 Å². The molecule has 1 N–H and O–H groups in total. The Kier molecular flexibility index (Phi) is 4.31. The lowest BCUT2D eigenvalue weighted by Gasteiger charge is -2.41. The Hall–Kier alpha value is -1.81. The smallest absolute Gasteiger partial charge is 0.119 e. The molecule has 0 amide bonds. The van der Waals surface area contributed by atoms with Crippen molar-refractivity contribution in [2.75, 3.05) is 14.2 Å². The summed E-state index contributed by atoms with van der Waals surface area (Å²) in [5.74, 6) is 2.34. The highest BCUT2D eigenvalue weighted by atomic mass is 16.5. The van der Waals surface area contributed by atoms with Crippen molar-refractivity contribution >= 4 is 0 Å². The summed E-state index contributed by atoms with van der Waals surface area (Å²) in [4.78, 5) is 2.47. The first-order valence-corrected chi connectivity index (χ1v) is 9.11. The molecule has 0 radical (unpaired) electrons. The average molecular weight is 325 g/mol. The highest BCUT2D eigenvalue weighted by molar-refractivity contribution is 5.32. The molecule has 4 nitrogen and oxygen atoms in total. The van der Waals surface area contributed by atoms with Crippen molar-refractivity contribution in [3.63, 3.8) is 0 Å². The van der Waals surface area contributed by atoms with E-state index in [1.807, 2.05) is 6.07 Å². The number of ether oxygens (including phenoxy) is 1. The van der Waals surface area contributed by atoms with E-state index in [1.165, 1.54) is 49.1 Å². The second-order valence-electron chi connectivity index (χ2n) is 7.46. The van der Waals surface area contributed by atoms with Crippen molar-refractivity contribution < 1.29 is 4.74 Å². The van der Waals surface area contributed by atoms with Crippen molar-refractivity contribution in [1.82, 2.24) is 15.1 Å². The predicted octanol–water partition coefficient (Wildman–Crippen LogP) is 4.06. The summed E-state index contributed by atoms with van der Waals surface area (Å²) in [6, 6.07) is 11.5. The minimum atomic E-state index is 0.664. The Morgan fingerprint density at radius 1 is 1.21 bits per heavy atom. The minimum Gasteiger partial charge on any atom is -0.497 e. The minimum absolute atomic E-state index is 0.664. The van der Waals surface area contributed by atoms with Gasteiger partial charge in [-0.05, 0) is 62.4 Å². The lowest BCUT2D eigenvalue weighted by atomic mass is 9.75. The number of nitrogens with one attached hydrogen (secondary N) is 1. The fourth-order valence-corrected chi connectivity index (χ4v) is 3.89. The van der Waals surface area contributed by atoms with Gasteiger partial charge < -0.3 is 4.74 Å². The normalized spacial score (nSPS) is 23.8. The van der Waals surface area contributed by atoms with Gasteiger partial charge in [-0.25, -0.2) is 0 Å².